The Morgan fingerprint density at radius 3 is 2.29 bits per heavy atom. The van der Waals surface area contributed by atoms with Gasteiger partial charge in [-0.15, -0.1) is 0 Å². The van der Waals surface area contributed by atoms with E-state index in [-0.39, 0.29) is 0 Å². The number of piperazine rings is 1. The average Bonchev–Trinajstić information content (AvgIpc) is 2.63. The Labute approximate surface area is 149 Å². The van der Waals surface area contributed by atoms with Crippen LogP contribution >= 0.6 is 11.8 Å². The molecule has 3 rings (SSSR count). The monoisotopic (exact) mass is 347 g/mol. The normalized spacial score (nSPS) is 21.2. The maximum absolute atomic E-state index is 6.12. The van der Waals surface area contributed by atoms with Gasteiger partial charge in [0.1, 0.15) is 0 Å². The van der Waals surface area contributed by atoms with Gasteiger partial charge in [-0.25, -0.2) is 4.99 Å². The molecular weight excluding hydrogens is 318 g/mol. The number of hydrogen-bond donors (Lipinski definition) is 1. The minimum absolute atomic E-state index is 0.671. The second-order valence-electron chi connectivity index (χ2n) is 6.67. The van der Waals surface area contributed by atoms with Crippen molar-refractivity contribution in [2.45, 2.75) is 13.1 Å². The van der Waals surface area contributed by atoms with Gasteiger partial charge in [0, 0.05) is 57.3 Å². The molecule has 6 heteroatoms. The Morgan fingerprint density at radius 2 is 1.62 bits per heavy atom. The molecule has 2 saturated heterocycles. The molecule has 24 heavy (non-hydrogen) atoms. The van der Waals surface area contributed by atoms with E-state index in [1.165, 1.54) is 24.2 Å². The number of nitrogens with two attached hydrogens (primary N) is 1. The molecule has 0 unspecified atom stereocenters. The van der Waals surface area contributed by atoms with Crippen molar-refractivity contribution in [3.63, 3.8) is 0 Å². The Bertz CT molecular complexity index is 531. The van der Waals surface area contributed by atoms with E-state index in [2.05, 4.69) is 51.0 Å². The summed E-state index contributed by atoms with van der Waals surface area (Å²) in [5, 5.41) is 0. The van der Waals surface area contributed by atoms with Crippen LogP contribution in [-0.4, -0.2) is 78.5 Å². The van der Waals surface area contributed by atoms with Crippen molar-refractivity contribution in [1.82, 2.24) is 14.7 Å². The number of hydrogen-bond acceptors (Lipinski definition) is 4. The molecule has 1 aromatic carbocycles. The van der Waals surface area contributed by atoms with Crippen molar-refractivity contribution in [2.24, 2.45) is 10.7 Å². The third-order valence-electron chi connectivity index (χ3n) is 4.78. The fourth-order valence-corrected chi connectivity index (χ4v) is 3.98. The molecule has 5 nitrogen and oxygen atoms in total. The van der Waals surface area contributed by atoms with E-state index in [9.17, 15) is 0 Å². The molecule has 0 atom stereocenters. The number of nitrogens with zero attached hydrogens (tertiary/aromatic N) is 4. The minimum atomic E-state index is 0.671. The summed E-state index contributed by atoms with van der Waals surface area (Å²) >= 11 is 1.99. The molecule has 0 amide bonds. The lowest BCUT2D eigenvalue weighted by Crippen LogP contribution is -2.43. The SMILES string of the molecule is CN1CCN(Cc2ccc(CN=C(N)N3CCSCC3)cc2)CC1. The standard InChI is InChI=1S/C18H29N5S/c1-21-6-8-22(9-7-21)15-17-4-2-16(3-5-17)14-20-18(19)23-10-12-24-13-11-23/h2-5H,6-15H2,1H3,(H2,19,20). The topological polar surface area (TPSA) is 48.1 Å². The third-order valence-corrected chi connectivity index (χ3v) is 5.73. The lowest BCUT2D eigenvalue weighted by atomic mass is 10.1. The Morgan fingerprint density at radius 1 is 1.00 bits per heavy atom. The van der Waals surface area contributed by atoms with Gasteiger partial charge in [0.05, 0.1) is 6.54 Å². The molecule has 0 aromatic heterocycles. The lowest BCUT2D eigenvalue weighted by Gasteiger charge is -2.32. The molecule has 0 radical (unpaired) electrons. The molecule has 132 valence electrons. The predicted molar refractivity (Wildman–Crippen MR) is 103 cm³/mol. The van der Waals surface area contributed by atoms with Gasteiger partial charge in [0.2, 0.25) is 0 Å². The van der Waals surface area contributed by atoms with Crippen molar-refractivity contribution in [3.8, 4) is 0 Å². The van der Waals surface area contributed by atoms with E-state index < -0.39 is 0 Å². The van der Waals surface area contributed by atoms with E-state index in [0.29, 0.717) is 12.5 Å². The van der Waals surface area contributed by atoms with Crippen molar-refractivity contribution in [3.05, 3.63) is 35.4 Å². The van der Waals surface area contributed by atoms with Crippen LogP contribution in [0.25, 0.3) is 0 Å². The lowest BCUT2D eigenvalue weighted by molar-refractivity contribution is 0.148. The molecular formula is C18H29N5S. The zero-order chi connectivity index (χ0) is 16.8. The second-order valence-corrected chi connectivity index (χ2v) is 7.89. The first kappa shape index (κ1) is 17.6. The van der Waals surface area contributed by atoms with Crippen LogP contribution in [0.2, 0.25) is 0 Å². The summed E-state index contributed by atoms with van der Waals surface area (Å²) in [6.45, 7) is 8.41. The molecule has 0 saturated carbocycles. The first-order valence-electron chi connectivity index (χ1n) is 8.82. The summed E-state index contributed by atoms with van der Waals surface area (Å²) in [7, 11) is 2.20. The van der Waals surface area contributed by atoms with Gasteiger partial charge in [-0.3, -0.25) is 4.90 Å². The van der Waals surface area contributed by atoms with Crippen molar-refractivity contribution < 1.29 is 0 Å². The van der Waals surface area contributed by atoms with Crippen LogP contribution in [0.4, 0.5) is 0 Å². The van der Waals surface area contributed by atoms with Crippen LogP contribution < -0.4 is 5.73 Å². The Hall–Kier alpha value is -1.24. The minimum Gasteiger partial charge on any atom is -0.370 e. The zero-order valence-corrected chi connectivity index (χ0v) is 15.5. The quantitative estimate of drug-likeness (QED) is 0.657. The first-order chi connectivity index (χ1) is 11.7. The highest BCUT2D eigenvalue weighted by Crippen LogP contribution is 2.12. The van der Waals surface area contributed by atoms with Crippen LogP contribution in [0, 0.1) is 0 Å². The molecule has 0 aliphatic carbocycles. The highest BCUT2D eigenvalue weighted by Gasteiger charge is 2.14. The summed E-state index contributed by atoms with van der Waals surface area (Å²) in [4.78, 5) is 11.7. The number of likely N-dealkylation sites (N-methyl/N-ethyl adjacent to an activating group) is 1. The fourth-order valence-electron chi connectivity index (χ4n) is 3.08. The molecule has 2 fully saturated rings. The second kappa shape index (κ2) is 8.74. The third kappa shape index (κ3) is 5.13. The van der Waals surface area contributed by atoms with Crippen LogP contribution in [0.15, 0.2) is 29.3 Å². The molecule has 0 spiro atoms. The highest BCUT2D eigenvalue weighted by atomic mass is 32.2. The van der Waals surface area contributed by atoms with Crippen molar-refractivity contribution in [1.29, 1.82) is 0 Å². The molecule has 2 heterocycles. The highest BCUT2D eigenvalue weighted by molar-refractivity contribution is 7.99. The summed E-state index contributed by atoms with van der Waals surface area (Å²) in [5.74, 6) is 2.99. The maximum Gasteiger partial charge on any atom is 0.191 e. The van der Waals surface area contributed by atoms with E-state index in [0.717, 1.165) is 44.2 Å². The maximum atomic E-state index is 6.12. The summed E-state index contributed by atoms with van der Waals surface area (Å²) in [5.41, 5.74) is 8.73. The molecule has 2 N–H and O–H groups in total. The summed E-state index contributed by atoms with van der Waals surface area (Å²) < 4.78 is 0. The van der Waals surface area contributed by atoms with Gasteiger partial charge in [-0.05, 0) is 18.2 Å². The molecule has 2 aliphatic rings. The largest absolute Gasteiger partial charge is 0.370 e. The van der Waals surface area contributed by atoms with E-state index in [4.69, 9.17) is 5.73 Å². The molecule has 2 aliphatic heterocycles. The Balaban J connectivity index is 1.49. The van der Waals surface area contributed by atoms with E-state index in [1.54, 1.807) is 0 Å². The first-order valence-corrected chi connectivity index (χ1v) is 9.97. The number of benzene rings is 1. The van der Waals surface area contributed by atoms with Crippen LogP contribution in [-0.2, 0) is 13.1 Å². The van der Waals surface area contributed by atoms with Crippen LogP contribution in [0.5, 0.6) is 0 Å². The zero-order valence-electron chi connectivity index (χ0n) is 14.7. The Kier molecular flexibility index (Phi) is 6.40. The predicted octanol–water partition coefficient (Wildman–Crippen LogP) is 1.30. The van der Waals surface area contributed by atoms with E-state index in [1.807, 2.05) is 11.8 Å². The van der Waals surface area contributed by atoms with Gasteiger partial charge >= 0.3 is 0 Å². The van der Waals surface area contributed by atoms with Crippen LogP contribution in [0.3, 0.4) is 0 Å². The van der Waals surface area contributed by atoms with Crippen LogP contribution in [0.1, 0.15) is 11.1 Å². The van der Waals surface area contributed by atoms with E-state index >= 15 is 0 Å². The van der Waals surface area contributed by atoms with Crippen molar-refractivity contribution >= 4 is 17.7 Å². The van der Waals surface area contributed by atoms with Gasteiger partial charge < -0.3 is 15.5 Å². The van der Waals surface area contributed by atoms with Gasteiger partial charge in [-0.2, -0.15) is 11.8 Å². The van der Waals surface area contributed by atoms with Crippen molar-refractivity contribution in [2.75, 3.05) is 57.8 Å². The molecule has 0 bridgehead atoms. The fraction of sp³-hybridized carbons (Fsp3) is 0.611. The number of rotatable bonds is 4. The van der Waals surface area contributed by atoms with Gasteiger partial charge in [0.25, 0.3) is 0 Å². The van der Waals surface area contributed by atoms with Gasteiger partial charge in [0.15, 0.2) is 5.96 Å². The number of guanidine groups is 1. The smallest absolute Gasteiger partial charge is 0.191 e. The number of thioether (sulfide) groups is 1. The number of aliphatic imine (C=N–C) groups is 1. The summed E-state index contributed by atoms with van der Waals surface area (Å²) in [6.07, 6.45) is 0. The van der Waals surface area contributed by atoms with Gasteiger partial charge in [-0.1, -0.05) is 24.3 Å². The summed E-state index contributed by atoms with van der Waals surface area (Å²) in [6, 6.07) is 8.84. The average molecular weight is 348 g/mol. The molecule has 1 aromatic rings.